The molecule has 200 valence electrons. The third-order valence-electron chi connectivity index (χ3n) is 7.46. The van der Waals surface area contributed by atoms with Crippen LogP contribution >= 0.6 is 0 Å². The molecule has 4 nitrogen and oxygen atoms in total. The van der Waals surface area contributed by atoms with Crippen molar-refractivity contribution in [1.29, 1.82) is 0 Å². The highest BCUT2D eigenvalue weighted by Crippen LogP contribution is 2.36. The van der Waals surface area contributed by atoms with Crippen molar-refractivity contribution in [2.24, 2.45) is 0 Å². The van der Waals surface area contributed by atoms with Crippen molar-refractivity contribution in [3.63, 3.8) is 0 Å². The van der Waals surface area contributed by atoms with Gasteiger partial charge in [0.25, 0.3) is 0 Å². The van der Waals surface area contributed by atoms with E-state index in [0.717, 1.165) is 57.3 Å². The molecule has 0 saturated heterocycles. The van der Waals surface area contributed by atoms with Crippen LogP contribution in [0.5, 0.6) is 23.0 Å². The lowest BCUT2D eigenvalue weighted by Gasteiger charge is -2.17. The van der Waals surface area contributed by atoms with E-state index < -0.39 is 0 Å². The molecule has 2 atom stereocenters. The van der Waals surface area contributed by atoms with Crippen molar-refractivity contribution in [2.45, 2.75) is 66.2 Å². The second-order valence-electron chi connectivity index (χ2n) is 9.95. The number of aromatic hydroxyl groups is 4. The molecule has 0 aromatic heterocycles. The number of phenols is 4. The Labute approximate surface area is 226 Å². The van der Waals surface area contributed by atoms with Gasteiger partial charge in [0.15, 0.2) is 0 Å². The Hall–Kier alpha value is -3.92. The predicted molar refractivity (Wildman–Crippen MR) is 156 cm³/mol. The van der Waals surface area contributed by atoms with Gasteiger partial charge in [-0.1, -0.05) is 88.4 Å². The van der Waals surface area contributed by atoms with Gasteiger partial charge in [0.2, 0.25) is 0 Å². The van der Waals surface area contributed by atoms with Crippen LogP contribution in [0, 0.1) is 13.8 Å². The molecule has 4 heteroatoms. The van der Waals surface area contributed by atoms with Crippen LogP contribution in [0.3, 0.4) is 0 Å². The maximum absolute atomic E-state index is 10.3. The summed E-state index contributed by atoms with van der Waals surface area (Å²) in [5.74, 6) is 1.45. The van der Waals surface area contributed by atoms with E-state index in [0.29, 0.717) is 23.0 Å². The number of para-hydroxylation sites is 2. The summed E-state index contributed by atoms with van der Waals surface area (Å²) < 4.78 is 0. The first kappa shape index (κ1) is 28.6. The smallest absolute Gasteiger partial charge is 0.122 e. The molecule has 4 rings (SSSR count). The monoisotopic (exact) mass is 512 g/mol. The van der Waals surface area contributed by atoms with Crippen LogP contribution in [0.15, 0.2) is 72.8 Å². The van der Waals surface area contributed by atoms with Crippen molar-refractivity contribution in [2.75, 3.05) is 0 Å². The van der Waals surface area contributed by atoms with Gasteiger partial charge in [0.1, 0.15) is 23.0 Å². The number of rotatable bonds is 6. The molecular formula is C34H40O4. The van der Waals surface area contributed by atoms with Crippen molar-refractivity contribution in [1.82, 2.24) is 0 Å². The Kier molecular flexibility index (Phi) is 9.46. The highest BCUT2D eigenvalue weighted by atomic mass is 16.3. The molecule has 0 amide bonds. The number of aryl methyl sites for hydroxylation is 4. The molecule has 4 aromatic carbocycles. The minimum Gasteiger partial charge on any atom is -0.508 e. The Morgan fingerprint density at radius 1 is 0.553 bits per heavy atom. The molecule has 0 bridgehead atoms. The largest absolute Gasteiger partial charge is 0.508 e. The van der Waals surface area contributed by atoms with Gasteiger partial charge in [-0.3, -0.25) is 0 Å². The van der Waals surface area contributed by atoms with Crippen LogP contribution < -0.4 is 0 Å². The predicted octanol–water partition coefficient (Wildman–Crippen LogP) is 8.24. The summed E-state index contributed by atoms with van der Waals surface area (Å²) in [6, 6.07) is 23.1. The quantitative estimate of drug-likeness (QED) is 0.210. The standard InChI is InChI=1S/C18H22O2.C16H18O2/c1-4-13-9-10-15(11-17(13)19)12(3)16-8-6-7-14(5-2)18(16)20;1-10-7-8-13(9-15(10)17)12(3)14-6-4-5-11(2)16(14)18/h6-12,19-20H,4-5H2,1-3H3;4-9,12,17-18H,1-3H3. The average Bonchev–Trinajstić information content (AvgIpc) is 2.91. The molecule has 0 aliphatic carbocycles. The van der Waals surface area contributed by atoms with E-state index in [1.165, 1.54) is 0 Å². The third kappa shape index (κ3) is 6.31. The van der Waals surface area contributed by atoms with Gasteiger partial charge in [-0.05, 0) is 72.2 Å². The van der Waals surface area contributed by atoms with Gasteiger partial charge < -0.3 is 20.4 Å². The van der Waals surface area contributed by atoms with Gasteiger partial charge in [0.05, 0.1) is 0 Å². The second-order valence-corrected chi connectivity index (χ2v) is 9.95. The maximum Gasteiger partial charge on any atom is 0.122 e. The van der Waals surface area contributed by atoms with Crippen LogP contribution in [0.25, 0.3) is 0 Å². The summed E-state index contributed by atoms with van der Waals surface area (Å²) in [5.41, 5.74) is 7.46. The van der Waals surface area contributed by atoms with Gasteiger partial charge >= 0.3 is 0 Å². The van der Waals surface area contributed by atoms with Gasteiger partial charge in [-0.2, -0.15) is 0 Å². The van der Waals surface area contributed by atoms with Crippen molar-refractivity contribution in [3.8, 4) is 23.0 Å². The molecule has 2 unspecified atom stereocenters. The Bertz CT molecular complexity index is 1390. The van der Waals surface area contributed by atoms with E-state index in [-0.39, 0.29) is 11.8 Å². The molecule has 0 aliphatic heterocycles. The lowest BCUT2D eigenvalue weighted by atomic mass is 9.89. The fourth-order valence-electron chi connectivity index (χ4n) is 4.68. The number of phenolic OH excluding ortho intramolecular Hbond substituents is 4. The number of benzene rings is 4. The van der Waals surface area contributed by atoms with E-state index in [1.54, 1.807) is 6.07 Å². The summed E-state index contributed by atoms with van der Waals surface area (Å²) in [6.45, 7) is 11.9. The fourth-order valence-corrected chi connectivity index (χ4v) is 4.68. The van der Waals surface area contributed by atoms with Crippen molar-refractivity contribution >= 4 is 0 Å². The molecular weight excluding hydrogens is 472 g/mol. The zero-order chi connectivity index (χ0) is 28.0. The summed E-state index contributed by atoms with van der Waals surface area (Å²) >= 11 is 0. The SMILES string of the molecule is CCc1ccc(C(C)c2cccc(CC)c2O)cc1O.Cc1ccc(C(C)c2cccc(C)c2O)cc1O. The first-order valence-electron chi connectivity index (χ1n) is 13.3. The Balaban J connectivity index is 0.000000212. The maximum atomic E-state index is 10.3. The van der Waals surface area contributed by atoms with E-state index in [2.05, 4.69) is 6.92 Å². The Morgan fingerprint density at radius 3 is 1.63 bits per heavy atom. The highest BCUT2D eigenvalue weighted by Gasteiger charge is 2.16. The zero-order valence-corrected chi connectivity index (χ0v) is 23.3. The molecule has 0 saturated carbocycles. The van der Waals surface area contributed by atoms with Crippen molar-refractivity contribution in [3.05, 3.63) is 117 Å². The molecule has 0 spiro atoms. The summed E-state index contributed by atoms with van der Waals surface area (Å²) in [5, 5.41) is 40.2. The lowest BCUT2D eigenvalue weighted by molar-refractivity contribution is 0.458. The van der Waals surface area contributed by atoms with Gasteiger partial charge in [0, 0.05) is 23.0 Å². The van der Waals surface area contributed by atoms with Gasteiger partial charge in [-0.15, -0.1) is 0 Å². The summed E-state index contributed by atoms with van der Waals surface area (Å²) in [4.78, 5) is 0. The third-order valence-corrected chi connectivity index (χ3v) is 7.46. The first-order chi connectivity index (χ1) is 18.1. The van der Waals surface area contributed by atoms with E-state index in [4.69, 9.17) is 0 Å². The highest BCUT2D eigenvalue weighted by molar-refractivity contribution is 5.49. The average molecular weight is 513 g/mol. The topological polar surface area (TPSA) is 80.9 Å². The van der Waals surface area contributed by atoms with E-state index in [9.17, 15) is 20.4 Å². The summed E-state index contributed by atoms with van der Waals surface area (Å²) in [6.07, 6.45) is 1.63. The van der Waals surface area contributed by atoms with Crippen LogP contribution in [0.4, 0.5) is 0 Å². The molecule has 0 fully saturated rings. The second kappa shape index (κ2) is 12.6. The van der Waals surface area contributed by atoms with Crippen LogP contribution in [0.2, 0.25) is 0 Å². The lowest BCUT2D eigenvalue weighted by Crippen LogP contribution is -1.99. The van der Waals surface area contributed by atoms with Crippen LogP contribution in [0.1, 0.15) is 84.0 Å². The van der Waals surface area contributed by atoms with E-state index in [1.807, 2.05) is 101 Å². The number of hydrogen-bond donors (Lipinski definition) is 4. The Morgan fingerprint density at radius 2 is 1.08 bits per heavy atom. The molecule has 0 radical (unpaired) electrons. The van der Waals surface area contributed by atoms with E-state index >= 15 is 0 Å². The molecule has 0 heterocycles. The number of hydrogen-bond acceptors (Lipinski definition) is 4. The fraction of sp³-hybridized carbons (Fsp3) is 0.294. The molecule has 38 heavy (non-hydrogen) atoms. The summed E-state index contributed by atoms with van der Waals surface area (Å²) in [7, 11) is 0. The van der Waals surface area contributed by atoms with Crippen LogP contribution in [-0.4, -0.2) is 20.4 Å². The molecule has 4 N–H and O–H groups in total. The normalized spacial score (nSPS) is 12.4. The molecule has 0 aliphatic rings. The zero-order valence-electron chi connectivity index (χ0n) is 23.3. The first-order valence-corrected chi connectivity index (χ1v) is 13.3. The molecule has 4 aromatic rings. The minimum absolute atomic E-state index is 0.0522. The van der Waals surface area contributed by atoms with Gasteiger partial charge in [-0.25, -0.2) is 0 Å². The van der Waals surface area contributed by atoms with Crippen LogP contribution in [-0.2, 0) is 12.8 Å². The minimum atomic E-state index is 0.0522. The van der Waals surface area contributed by atoms with Crippen molar-refractivity contribution < 1.29 is 20.4 Å².